The molecular weight excluding hydrogens is 271 g/mol. The largest absolute Gasteiger partial charge is 0.492 e. The highest BCUT2D eigenvalue weighted by atomic mass is 16.6. The lowest BCUT2D eigenvalue weighted by molar-refractivity contribution is 0.00696. The van der Waals surface area contributed by atoms with Crippen LogP contribution >= 0.6 is 0 Å². The Labute approximate surface area is 125 Å². The minimum atomic E-state index is -1.74. The highest BCUT2D eigenvalue weighted by Crippen LogP contribution is 2.15. The molecule has 0 unspecified atom stereocenters. The Hall–Kier alpha value is -1.79. The fraction of sp³-hybridized carbons (Fsp3) is 0.400. The van der Waals surface area contributed by atoms with Gasteiger partial charge < -0.3 is 19.5 Å². The summed E-state index contributed by atoms with van der Waals surface area (Å²) in [4.78, 5) is 12.0. The molecule has 0 aliphatic heterocycles. The predicted octanol–water partition coefficient (Wildman–Crippen LogP) is 1.28. The zero-order chi connectivity index (χ0) is 16.2. The number of carbonyl (C=O) groups excluding carboxylic acids is 1. The van der Waals surface area contributed by atoms with Crippen molar-refractivity contribution in [3.8, 4) is 5.75 Å². The molecule has 5 nitrogen and oxygen atoms in total. The molecule has 0 spiro atoms. The molecule has 0 saturated carbocycles. The van der Waals surface area contributed by atoms with Gasteiger partial charge in [0, 0.05) is 5.46 Å². The minimum Gasteiger partial charge on any atom is -0.490 e. The Morgan fingerprint density at radius 2 is 1.95 bits per heavy atom. The second kappa shape index (κ2) is 6.78. The molecule has 114 valence electrons. The highest BCUT2D eigenvalue weighted by Gasteiger charge is 2.23. The number of rotatable bonds is 5. The maximum absolute atomic E-state index is 12.0. The molecule has 0 saturated heterocycles. The molecule has 1 aromatic rings. The van der Waals surface area contributed by atoms with Crippen LogP contribution in [0.2, 0.25) is 0 Å². The zero-order valence-corrected chi connectivity index (χ0v) is 12.8. The Morgan fingerprint density at radius 3 is 2.43 bits per heavy atom. The molecule has 0 bridgehead atoms. The molecular formula is C15H21BO5. The quantitative estimate of drug-likeness (QED) is 0.485. The highest BCUT2D eigenvalue weighted by molar-refractivity contribution is 6.59. The summed E-state index contributed by atoms with van der Waals surface area (Å²) in [5, 5.41) is 18.8. The standard InChI is InChI=1S/C15H21BO5/c1-10(2)9-20-13-7-6-11(8-12(13)16(18)19)14(17)21-15(3,4)5/h6-8,18-19H,1,9H2,2-5H3. The van der Waals surface area contributed by atoms with E-state index in [1.54, 1.807) is 27.7 Å². The third kappa shape index (κ3) is 5.61. The van der Waals surface area contributed by atoms with Crippen LogP contribution in [-0.4, -0.2) is 35.3 Å². The van der Waals surface area contributed by atoms with Crippen molar-refractivity contribution in [3.05, 3.63) is 35.9 Å². The van der Waals surface area contributed by atoms with Crippen LogP contribution < -0.4 is 10.2 Å². The number of ether oxygens (including phenoxy) is 2. The van der Waals surface area contributed by atoms with Crippen molar-refractivity contribution in [2.45, 2.75) is 33.3 Å². The van der Waals surface area contributed by atoms with Crippen molar-refractivity contribution < 1.29 is 24.3 Å². The van der Waals surface area contributed by atoms with E-state index in [0.29, 0.717) is 5.75 Å². The van der Waals surface area contributed by atoms with Crippen LogP contribution in [0.4, 0.5) is 0 Å². The van der Waals surface area contributed by atoms with Crippen LogP contribution in [-0.2, 0) is 4.74 Å². The van der Waals surface area contributed by atoms with Crippen molar-refractivity contribution in [3.63, 3.8) is 0 Å². The Kier molecular flexibility index (Phi) is 5.58. The van der Waals surface area contributed by atoms with Gasteiger partial charge in [0.15, 0.2) is 0 Å². The number of hydrogen-bond donors (Lipinski definition) is 2. The molecule has 0 radical (unpaired) electrons. The van der Waals surface area contributed by atoms with Crippen LogP contribution in [0.1, 0.15) is 38.1 Å². The van der Waals surface area contributed by atoms with E-state index in [0.717, 1.165) is 5.57 Å². The van der Waals surface area contributed by atoms with Gasteiger partial charge in [-0.2, -0.15) is 0 Å². The van der Waals surface area contributed by atoms with Crippen LogP contribution in [0.5, 0.6) is 5.75 Å². The van der Waals surface area contributed by atoms with Crippen LogP contribution in [0.15, 0.2) is 30.4 Å². The molecule has 0 heterocycles. The van der Waals surface area contributed by atoms with E-state index in [1.165, 1.54) is 18.2 Å². The predicted molar refractivity (Wildman–Crippen MR) is 81.7 cm³/mol. The summed E-state index contributed by atoms with van der Waals surface area (Å²) in [6.07, 6.45) is 0. The number of benzene rings is 1. The van der Waals surface area contributed by atoms with E-state index in [4.69, 9.17) is 9.47 Å². The first-order valence-corrected chi connectivity index (χ1v) is 6.61. The fourth-order valence-electron chi connectivity index (χ4n) is 1.55. The van der Waals surface area contributed by atoms with E-state index in [1.807, 2.05) is 0 Å². The molecule has 0 amide bonds. The van der Waals surface area contributed by atoms with Gasteiger partial charge in [0.2, 0.25) is 0 Å². The molecule has 0 fully saturated rings. The van der Waals surface area contributed by atoms with E-state index in [9.17, 15) is 14.8 Å². The average Bonchev–Trinajstić information content (AvgIpc) is 2.33. The normalized spacial score (nSPS) is 11.0. The minimum absolute atomic E-state index is 0.111. The van der Waals surface area contributed by atoms with Crippen molar-refractivity contribution in [2.75, 3.05) is 6.61 Å². The van der Waals surface area contributed by atoms with Crippen molar-refractivity contribution in [1.29, 1.82) is 0 Å². The van der Waals surface area contributed by atoms with Gasteiger partial charge >= 0.3 is 13.1 Å². The summed E-state index contributed by atoms with van der Waals surface area (Å²) < 4.78 is 10.7. The molecule has 0 aliphatic rings. The van der Waals surface area contributed by atoms with Crippen molar-refractivity contribution >= 4 is 18.6 Å². The first-order valence-electron chi connectivity index (χ1n) is 6.61. The van der Waals surface area contributed by atoms with Gasteiger partial charge in [0.1, 0.15) is 18.0 Å². The summed E-state index contributed by atoms with van der Waals surface area (Å²) in [6.45, 7) is 11.0. The van der Waals surface area contributed by atoms with Crippen molar-refractivity contribution in [2.24, 2.45) is 0 Å². The van der Waals surface area contributed by atoms with E-state index in [-0.39, 0.29) is 17.6 Å². The Balaban J connectivity index is 3.02. The second-order valence-corrected chi connectivity index (χ2v) is 5.87. The van der Waals surface area contributed by atoms with E-state index in [2.05, 4.69) is 6.58 Å². The third-order valence-corrected chi connectivity index (χ3v) is 2.40. The van der Waals surface area contributed by atoms with Gasteiger partial charge in [-0.05, 0) is 51.5 Å². The van der Waals surface area contributed by atoms with E-state index >= 15 is 0 Å². The molecule has 6 heteroatoms. The second-order valence-electron chi connectivity index (χ2n) is 5.87. The molecule has 1 aromatic carbocycles. The maximum atomic E-state index is 12.0. The SMILES string of the molecule is C=C(C)COc1ccc(C(=O)OC(C)(C)C)cc1B(O)O. The Morgan fingerprint density at radius 1 is 1.33 bits per heavy atom. The molecule has 1 rings (SSSR count). The first-order chi connectivity index (χ1) is 9.60. The first kappa shape index (κ1) is 17.3. The summed E-state index contributed by atoms with van der Waals surface area (Å²) in [6, 6.07) is 4.39. The lowest BCUT2D eigenvalue weighted by atomic mass is 9.78. The number of carbonyl (C=O) groups is 1. The zero-order valence-electron chi connectivity index (χ0n) is 12.8. The van der Waals surface area contributed by atoms with Gasteiger partial charge in [0.05, 0.1) is 5.56 Å². The van der Waals surface area contributed by atoms with Crippen LogP contribution in [0, 0.1) is 0 Å². The molecule has 2 N–H and O–H groups in total. The summed E-state index contributed by atoms with van der Waals surface area (Å²) >= 11 is 0. The summed E-state index contributed by atoms with van der Waals surface area (Å²) in [7, 11) is -1.74. The lowest BCUT2D eigenvalue weighted by Gasteiger charge is -2.20. The lowest BCUT2D eigenvalue weighted by Crippen LogP contribution is -2.33. The van der Waals surface area contributed by atoms with Gasteiger partial charge in [-0.1, -0.05) is 6.58 Å². The molecule has 0 atom stereocenters. The van der Waals surface area contributed by atoms with Crippen LogP contribution in [0.25, 0.3) is 0 Å². The van der Waals surface area contributed by atoms with Gasteiger partial charge in [-0.25, -0.2) is 4.79 Å². The van der Waals surface area contributed by atoms with Gasteiger partial charge in [0.25, 0.3) is 0 Å². The topological polar surface area (TPSA) is 76.0 Å². The maximum Gasteiger partial charge on any atom is 0.492 e. The molecule has 0 aromatic heterocycles. The smallest absolute Gasteiger partial charge is 0.490 e. The van der Waals surface area contributed by atoms with Crippen molar-refractivity contribution in [1.82, 2.24) is 0 Å². The fourth-order valence-corrected chi connectivity index (χ4v) is 1.55. The van der Waals surface area contributed by atoms with Gasteiger partial charge in [-0.3, -0.25) is 0 Å². The third-order valence-electron chi connectivity index (χ3n) is 2.40. The Bertz CT molecular complexity index is 531. The van der Waals surface area contributed by atoms with E-state index < -0.39 is 18.7 Å². The molecule has 21 heavy (non-hydrogen) atoms. The summed E-state index contributed by atoms with van der Waals surface area (Å²) in [5.74, 6) is -0.240. The van der Waals surface area contributed by atoms with Crippen LogP contribution in [0.3, 0.4) is 0 Å². The number of esters is 1. The van der Waals surface area contributed by atoms with Gasteiger partial charge in [-0.15, -0.1) is 0 Å². The molecule has 0 aliphatic carbocycles. The average molecular weight is 292 g/mol. The monoisotopic (exact) mass is 292 g/mol. The number of hydrogen-bond acceptors (Lipinski definition) is 5. The summed E-state index contributed by atoms with van der Waals surface area (Å²) in [5.41, 5.74) is 0.518.